The second-order valence-corrected chi connectivity index (χ2v) is 9.56. The summed E-state index contributed by atoms with van der Waals surface area (Å²) in [5, 5.41) is 7.39. The second-order valence-electron chi connectivity index (χ2n) is 7.61. The van der Waals surface area contributed by atoms with Crippen molar-refractivity contribution >= 4 is 50.9 Å². The summed E-state index contributed by atoms with van der Waals surface area (Å²) in [5.74, 6) is -2.10. The average molecular weight is 499 g/mol. The Bertz CT molecular complexity index is 1490. The van der Waals surface area contributed by atoms with Crippen LogP contribution >= 0.6 is 12.2 Å². The molecule has 0 spiro atoms. The van der Waals surface area contributed by atoms with Gasteiger partial charge in [0.05, 0.1) is 10.6 Å². The van der Waals surface area contributed by atoms with Gasteiger partial charge in [-0.2, -0.15) is 0 Å². The molecule has 2 amide bonds. The molecule has 11 heteroatoms. The number of thiocarbonyl (C=S) groups is 1. The number of para-hydroxylation sites is 1. The van der Waals surface area contributed by atoms with Crippen LogP contribution in [-0.2, 0) is 19.6 Å². The number of rotatable bonds is 4. The molecule has 0 bridgehead atoms. The maximum absolute atomic E-state index is 14.3. The van der Waals surface area contributed by atoms with E-state index in [9.17, 15) is 22.4 Å². The number of sulfonamides is 1. The Morgan fingerprint density at radius 3 is 2.32 bits per heavy atom. The molecule has 8 nitrogen and oxygen atoms in total. The van der Waals surface area contributed by atoms with Crippen LogP contribution in [0.25, 0.3) is 11.8 Å². The summed E-state index contributed by atoms with van der Waals surface area (Å²) in [6, 6.07) is 13.4. The summed E-state index contributed by atoms with van der Waals surface area (Å²) < 4.78 is 39.2. The minimum atomic E-state index is -3.83. The smallest absolute Gasteiger partial charge is 0.270 e. The van der Waals surface area contributed by atoms with Gasteiger partial charge in [0.15, 0.2) is 5.11 Å². The van der Waals surface area contributed by atoms with Crippen molar-refractivity contribution in [1.82, 2.24) is 9.88 Å². The molecule has 0 radical (unpaired) electrons. The number of nitrogens with zero attached hydrogens (tertiary/aromatic N) is 2. The Hall–Kier alpha value is -3.67. The van der Waals surface area contributed by atoms with Crippen LogP contribution < -0.4 is 15.4 Å². The molecule has 1 aliphatic rings. The number of amides is 2. The third-order valence-corrected chi connectivity index (χ3v) is 6.60. The SMILES string of the molecule is Cc1cc(/C=C2\C(=O)NC(=S)N(c3ccccc3F)C2=O)c(C)n1-c1ccc(S(N)(=O)=O)cc1. The van der Waals surface area contributed by atoms with E-state index in [2.05, 4.69) is 5.32 Å². The maximum atomic E-state index is 14.3. The molecule has 3 aromatic rings. The molecule has 2 heterocycles. The van der Waals surface area contributed by atoms with Gasteiger partial charge in [-0.25, -0.2) is 22.8 Å². The monoisotopic (exact) mass is 498 g/mol. The Balaban J connectivity index is 1.75. The number of nitrogens with two attached hydrogens (primary N) is 1. The summed E-state index contributed by atoms with van der Waals surface area (Å²) >= 11 is 5.12. The van der Waals surface area contributed by atoms with Crippen LogP contribution in [0.1, 0.15) is 17.0 Å². The van der Waals surface area contributed by atoms with E-state index in [1.807, 2.05) is 11.5 Å². The van der Waals surface area contributed by atoms with Crippen LogP contribution in [0.4, 0.5) is 10.1 Å². The predicted molar refractivity (Wildman–Crippen MR) is 129 cm³/mol. The molecular weight excluding hydrogens is 479 g/mol. The molecule has 0 atom stereocenters. The number of primary sulfonamides is 1. The van der Waals surface area contributed by atoms with Gasteiger partial charge in [0.2, 0.25) is 10.0 Å². The fourth-order valence-corrected chi connectivity index (χ4v) is 4.57. The van der Waals surface area contributed by atoms with E-state index in [0.29, 0.717) is 16.9 Å². The van der Waals surface area contributed by atoms with Gasteiger partial charge < -0.3 is 4.57 Å². The van der Waals surface area contributed by atoms with E-state index in [0.717, 1.165) is 10.6 Å². The van der Waals surface area contributed by atoms with Crippen LogP contribution in [0, 0.1) is 19.7 Å². The lowest BCUT2D eigenvalue weighted by Gasteiger charge is -2.29. The van der Waals surface area contributed by atoms with Gasteiger partial charge in [0.1, 0.15) is 11.4 Å². The third-order valence-electron chi connectivity index (χ3n) is 5.39. The number of halogens is 1. The number of benzene rings is 2. The first-order valence-corrected chi connectivity index (χ1v) is 11.9. The van der Waals surface area contributed by atoms with Gasteiger partial charge in [-0.3, -0.25) is 14.9 Å². The fourth-order valence-electron chi connectivity index (χ4n) is 3.78. The van der Waals surface area contributed by atoms with Crippen molar-refractivity contribution in [1.29, 1.82) is 0 Å². The van der Waals surface area contributed by atoms with E-state index in [1.165, 1.54) is 36.4 Å². The van der Waals surface area contributed by atoms with E-state index in [-0.39, 0.29) is 21.3 Å². The average Bonchev–Trinajstić information content (AvgIpc) is 3.04. The lowest BCUT2D eigenvalue weighted by molar-refractivity contribution is -0.122. The van der Waals surface area contributed by atoms with E-state index in [4.69, 9.17) is 17.4 Å². The molecule has 1 saturated heterocycles. The minimum Gasteiger partial charge on any atom is -0.318 e. The van der Waals surface area contributed by atoms with Gasteiger partial charge >= 0.3 is 0 Å². The van der Waals surface area contributed by atoms with Crippen LogP contribution in [0.2, 0.25) is 0 Å². The first-order valence-electron chi connectivity index (χ1n) is 9.97. The number of anilines is 1. The Kier molecular flexibility index (Phi) is 5.94. The quantitative estimate of drug-likeness (QED) is 0.326. The predicted octanol–water partition coefficient (Wildman–Crippen LogP) is 2.71. The topological polar surface area (TPSA) is 114 Å². The molecule has 34 heavy (non-hydrogen) atoms. The van der Waals surface area contributed by atoms with E-state index < -0.39 is 27.7 Å². The second kappa shape index (κ2) is 8.60. The molecule has 2 aromatic carbocycles. The normalized spacial score (nSPS) is 15.7. The highest BCUT2D eigenvalue weighted by Crippen LogP contribution is 2.27. The molecule has 3 N–H and O–H groups in total. The lowest BCUT2D eigenvalue weighted by atomic mass is 10.1. The van der Waals surface area contributed by atoms with Crippen molar-refractivity contribution in [2.24, 2.45) is 5.14 Å². The molecule has 0 unspecified atom stereocenters. The number of aryl methyl sites for hydroxylation is 1. The number of hydrogen-bond acceptors (Lipinski definition) is 5. The summed E-state index contributed by atoms with van der Waals surface area (Å²) in [6.07, 6.45) is 1.42. The summed E-state index contributed by atoms with van der Waals surface area (Å²) in [4.78, 5) is 26.7. The first kappa shape index (κ1) is 23.5. The highest BCUT2D eigenvalue weighted by Gasteiger charge is 2.35. The Morgan fingerprint density at radius 2 is 1.71 bits per heavy atom. The number of carbonyl (C=O) groups is 2. The summed E-state index contributed by atoms with van der Waals surface area (Å²) in [6.45, 7) is 3.61. The van der Waals surface area contributed by atoms with Crippen LogP contribution in [-0.4, -0.2) is 29.9 Å². The Morgan fingerprint density at radius 1 is 1.06 bits per heavy atom. The summed E-state index contributed by atoms with van der Waals surface area (Å²) in [7, 11) is -3.83. The molecule has 1 fully saturated rings. The largest absolute Gasteiger partial charge is 0.318 e. The number of hydrogen-bond donors (Lipinski definition) is 2. The molecule has 174 valence electrons. The zero-order valence-electron chi connectivity index (χ0n) is 18.1. The van der Waals surface area contributed by atoms with Gasteiger partial charge in [-0.15, -0.1) is 0 Å². The van der Waals surface area contributed by atoms with Crippen molar-refractivity contribution in [2.75, 3.05) is 4.90 Å². The summed E-state index contributed by atoms with van der Waals surface area (Å²) in [5.41, 5.74) is 2.44. The zero-order valence-corrected chi connectivity index (χ0v) is 19.7. The van der Waals surface area contributed by atoms with Gasteiger partial charge in [-0.05, 0) is 80.2 Å². The highest BCUT2D eigenvalue weighted by molar-refractivity contribution is 7.89. The fraction of sp³-hybridized carbons (Fsp3) is 0.0870. The van der Waals surface area contributed by atoms with Gasteiger partial charge in [0, 0.05) is 17.1 Å². The molecule has 4 rings (SSSR count). The van der Waals surface area contributed by atoms with Crippen molar-refractivity contribution in [3.05, 3.63) is 82.9 Å². The standard InChI is InChI=1S/C23H19FN4O4S2/c1-13-11-15(14(2)27(13)16-7-9-17(10-8-16)34(25,31)32)12-18-21(29)26-23(33)28(22(18)30)20-6-4-3-5-19(20)24/h3-12H,1-2H3,(H2,25,31,32)(H,26,29,33)/b18-12+. The molecule has 0 saturated carbocycles. The van der Waals surface area contributed by atoms with Crippen molar-refractivity contribution in [2.45, 2.75) is 18.7 Å². The van der Waals surface area contributed by atoms with Crippen molar-refractivity contribution in [3.8, 4) is 5.69 Å². The molecular formula is C23H19FN4O4S2. The van der Waals surface area contributed by atoms with Crippen LogP contribution in [0.5, 0.6) is 0 Å². The molecule has 0 aliphatic carbocycles. The van der Waals surface area contributed by atoms with E-state index in [1.54, 1.807) is 31.2 Å². The maximum Gasteiger partial charge on any atom is 0.270 e. The van der Waals surface area contributed by atoms with Crippen LogP contribution in [0.3, 0.4) is 0 Å². The highest BCUT2D eigenvalue weighted by atomic mass is 32.2. The number of aromatic nitrogens is 1. The lowest BCUT2D eigenvalue weighted by Crippen LogP contribution is -2.54. The van der Waals surface area contributed by atoms with Crippen LogP contribution in [0.15, 0.2) is 65.1 Å². The van der Waals surface area contributed by atoms with Gasteiger partial charge in [0.25, 0.3) is 11.8 Å². The van der Waals surface area contributed by atoms with E-state index >= 15 is 0 Å². The minimum absolute atomic E-state index is 0.0188. The number of nitrogens with one attached hydrogen (secondary N) is 1. The first-order chi connectivity index (χ1) is 16.0. The molecule has 1 aromatic heterocycles. The number of carbonyl (C=O) groups excluding carboxylic acids is 2. The van der Waals surface area contributed by atoms with Gasteiger partial charge in [-0.1, -0.05) is 12.1 Å². The van der Waals surface area contributed by atoms with Crippen molar-refractivity contribution in [3.63, 3.8) is 0 Å². The Labute approximate surface area is 200 Å². The molecule has 1 aliphatic heterocycles. The van der Waals surface area contributed by atoms with Crippen molar-refractivity contribution < 1.29 is 22.4 Å². The zero-order chi connectivity index (χ0) is 24.8. The third kappa shape index (κ3) is 4.16.